The maximum atomic E-state index is 12.8. The Morgan fingerprint density at radius 1 is 0.800 bits per heavy atom. The zero-order valence-electron chi connectivity index (χ0n) is 19.8. The minimum Gasteiger partial charge on any atom is -0.444 e. The first kappa shape index (κ1) is 25.8. The van der Waals surface area contributed by atoms with E-state index in [0.29, 0.717) is 12.8 Å². The van der Waals surface area contributed by atoms with E-state index in [2.05, 4.69) is 5.32 Å². The number of carbonyl (C=O) groups excluding carboxylic acids is 3. The fourth-order valence-corrected chi connectivity index (χ4v) is 2.90. The molecule has 174 valence electrons. The molecule has 1 aliphatic heterocycles. The van der Waals surface area contributed by atoms with Gasteiger partial charge in [-0.3, -0.25) is 4.90 Å². The van der Waals surface area contributed by atoms with Crippen LogP contribution in [0.4, 0.5) is 14.4 Å². The fourth-order valence-electron chi connectivity index (χ4n) is 2.90. The highest BCUT2D eigenvalue weighted by Gasteiger charge is 2.40. The van der Waals surface area contributed by atoms with Gasteiger partial charge in [0.2, 0.25) is 0 Å². The Labute approximate surface area is 179 Å². The minimum atomic E-state index is -0.790. The van der Waals surface area contributed by atoms with Crippen molar-refractivity contribution in [2.45, 2.75) is 104 Å². The van der Waals surface area contributed by atoms with Crippen molar-refractivity contribution in [3.8, 4) is 0 Å². The lowest BCUT2D eigenvalue weighted by molar-refractivity contribution is -0.0235. The van der Waals surface area contributed by atoms with E-state index >= 15 is 0 Å². The van der Waals surface area contributed by atoms with Crippen molar-refractivity contribution in [3.63, 3.8) is 0 Å². The van der Waals surface area contributed by atoms with Crippen molar-refractivity contribution < 1.29 is 33.3 Å². The first-order chi connectivity index (χ1) is 13.5. The van der Waals surface area contributed by atoms with Crippen molar-refractivity contribution in [3.05, 3.63) is 0 Å². The lowest BCUT2D eigenvalue weighted by Crippen LogP contribution is -2.50. The number of nitrogens with one attached hydrogen (secondary N) is 1. The van der Waals surface area contributed by atoms with Crippen molar-refractivity contribution in [1.29, 1.82) is 0 Å². The molecule has 1 rings (SSSR count). The molecule has 1 fully saturated rings. The Bertz CT molecular complexity index is 574. The summed E-state index contributed by atoms with van der Waals surface area (Å²) >= 11 is 0. The summed E-state index contributed by atoms with van der Waals surface area (Å²) in [5.74, 6) is 0. The molecule has 9 nitrogen and oxygen atoms in total. The molecule has 0 spiro atoms. The van der Waals surface area contributed by atoms with Crippen LogP contribution >= 0.6 is 0 Å². The molecular weight excluding hydrogens is 392 g/mol. The maximum absolute atomic E-state index is 12.8. The van der Waals surface area contributed by atoms with Gasteiger partial charge < -0.3 is 24.3 Å². The second kappa shape index (κ2) is 9.75. The summed E-state index contributed by atoms with van der Waals surface area (Å²) in [6.07, 6.45) is -0.643. The molecule has 0 aromatic heterocycles. The average Bonchev–Trinajstić information content (AvgIpc) is 2.89. The third kappa shape index (κ3) is 10.0. The predicted octanol–water partition coefficient (Wildman–Crippen LogP) is 4.23. The Balaban J connectivity index is 2.79. The number of alkyl carbamates (subject to hydrolysis) is 1. The topological polar surface area (TPSA) is 103 Å². The van der Waals surface area contributed by atoms with Crippen molar-refractivity contribution in [2.75, 3.05) is 13.2 Å². The fraction of sp³-hybridized carbons (Fsp3) is 0.857. The normalized spacial score (nSPS) is 19.8. The number of carbonyl (C=O) groups is 3. The van der Waals surface area contributed by atoms with Gasteiger partial charge in [0.15, 0.2) is 0 Å². The van der Waals surface area contributed by atoms with Crippen LogP contribution in [0.25, 0.3) is 0 Å². The molecule has 0 saturated carbocycles. The standard InChI is InChI=1S/C21H38N2O7/c1-19(2,3)28-16(24)22-12-14-10-11-15(13-27-18(26)30-21(7,8)9)23(14)17(25)29-20(4,5)6/h14-15H,10-13H2,1-9H3,(H,22,24)/t14-,15+/m0/s1. The summed E-state index contributed by atoms with van der Waals surface area (Å²) in [5, 5.41) is 2.70. The van der Waals surface area contributed by atoms with Gasteiger partial charge in [-0.25, -0.2) is 14.4 Å². The van der Waals surface area contributed by atoms with Crippen LogP contribution in [0.3, 0.4) is 0 Å². The Hall–Kier alpha value is -2.19. The van der Waals surface area contributed by atoms with E-state index in [1.807, 2.05) is 0 Å². The van der Waals surface area contributed by atoms with E-state index in [4.69, 9.17) is 18.9 Å². The average molecular weight is 431 g/mol. The first-order valence-corrected chi connectivity index (χ1v) is 10.3. The second-order valence-electron chi connectivity index (χ2n) is 10.4. The molecule has 2 atom stereocenters. The smallest absolute Gasteiger partial charge is 0.444 e. The van der Waals surface area contributed by atoms with E-state index in [1.165, 1.54) is 4.90 Å². The molecule has 1 saturated heterocycles. The largest absolute Gasteiger partial charge is 0.508 e. The molecule has 2 amide bonds. The Kier molecular flexibility index (Phi) is 8.40. The predicted molar refractivity (Wildman–Crippen MR) is 111 cm³/mol. The maximum Gasteiger partial charge on any atom is 0.508 e. The van der Waals surface area contributed by atoms with Crippen LogP contribution in [0.1, 0.15) is 75.2 Å². The van der Waals surface area contributed by atoms with Crippen LogP contribution in [0, 0.1) is 0 Å². The van der Waals surface area contributed by atoms with E-state index in [-0.39, 0.29) is 25.2 Å². The zero-order valence-corrected chi connectivity index (χ0v) is 19.8. The van der Waals surface area contributed by atoms with Crippen molar-refractivity contribution in [1.82, 2.24) is 10.2 Å². The minimum absolute atomic E-state index is 0.0168. The molecule has 0 radical (unpaired) electrons. The van der Waals surface area contributed by atoms with Crippen molar-refractivity contribution >= 4 is 18.3 Å². The number of hydrogen-bond donors (Lipinski definition) is 1. The highest BCUT2D eigenvalue weighted by molar-refractivity contribution is 5.70. The summed E-state index contributed by atoms with van der Waals surface area (Å²) in [5.41, 5.74) is -1.97. The molecule has 1 N–H and O–H groups in total. The number of likely N-dealkylation sites (tertiary alicyclic amines) is 1. The Morgan fingerprint density at radius 3 is 1.80 bits per heavy atom. The van der Waals surface area contributed by atoms with Crippen LogP contribution in [0.5, 0.6) is 0 Å². The number of nitrogens with zero attached hydrogens (tertiary/aromatic N) is 1. The molecule has 0 aromatic carbocycles. The lowest BCUT2D eigenvalue weighted by Gasteiger charge is -2.32. The number of ether oxygens (including phenoxy) is 4. The molecule has 1 heterocycles. The molecule has 1 aliphatic rings. The number of rotatable bonds is 4. The van der Waals surface area contributed by atoms with E-state index in [9.17, 15) is 14.4 Å². The first-order valence-electron chi connectivity index (χ1n) is 10.3. The molecule has 0 unspecified atom stereocenters. The molecule has 9 heteroatoms. The van der Waals surface area contributed by atoms with Crippen LogP contribution in [-0.4, -0.2) is 65.3 Å². The van der Waals surface area contributed by atoms with E-state index in [0.717, 1.165) is 0 Å². The monoisotopic (exact) mass is 430 g/mol. The lowest BCUT2D eigenvalue weighted by atomic mass is 10.2. The second-order valence-corrected chi connectivity index (χ2v) is 10.4. The van der Waals surface area contributed by atoms with Gasteiger partial charge in [-0.05, 0) is 75.2 Å². The van der Waals surface area contributed by atoms with Gasteiger partial charge in [0.1, 0.15) is 23.4 Å². The van der Waals surface area contributed by atoms with Gasteiger partial charge in [0.05, 0.1) is 12.1 Å². The quantitative estimate of drug-likeness (QED) is 0.526. The van der Waals surface area contributed by atoms with Gasteiger partial charge in [-0.15, -0.1) is 0 Å². The summed E-state index contributed by atoms with van der Waals surface area (Å²) < 4.78 is 21.2. The molecule has 0 aromatic rings. The third-order valence-corrected chi connectivity index (χ3v) is 3.89. The zero-order chi connectivity index (χ0) is 23.3. The summed E-state index contributed by atoms with van der Waals surface area (Å²) in [4.78, 5) is 38.2. The van der Waals surface area contributed by atoms with Gasteiger partial charge in [0, 0.05) is 6.54 Å². The van der Waals surface area contributed by atoms with Crippen LogP contribution in [0.15, 0.2) is 0 Å². The van der Waals surface area contributed by atoms with Crippen LogP contribution in [-0.2, 0) is 18.9 Å². The van der Waals surface area contributed by atoms with Gasteiger partial charge in [0.25, 0.3) is 0 Å². The highest BCUT2D eigenvalue weighted by Crippen LogP contribution is 2.27. The number of amides is 2. The summed E-state index contributed by atoms with van der Waals surface area (Å²) in [6.45, 7) is 16.1. The van der Waals surface area contributed by atoms with Gasteiger partial charge >= 0.3 is 18.3 Å². The van der Waals surface area contributed by atoms with Gasteiger partial charge in [-0.1, -0.05) is 0 Å². The van der Waals surface area contributed by atoms with Crippen molar-refractivity contribution in [2.24, 2.45) is 0 Å². The number of hydrogen-bond acceptors (Lipinski definition) is 7. The Morgan fingerprint density at radius 2 is 1.30 bits per heavy atom. The van der Waals surface area contributed by atoms with Gasteiger partial charge in [-0.2, -0.15) is 0 Å². The van der Waals surface area contributed by atoms with E-state index in [1.54, 1.807) is 62.3 Å². The van der Waals surface area contributed by atoms with Crippen LogP contribution in [0.2, 0.25) is 0 Å². The van der Waals surface area contributed by atoms with E-state index < -0.39 is 35.1 Å². The molecule has 0 bridgehead atoms. The van der Waals surface area contributed by atoms with Crippen LogP contribution < -0.4 is 5.32 Å². The summed E-state index contributed by atoms with van der Waals surface area (Å²) in [6, 6.07) is -0.683. The molecular formula is C21H38N2O7. The molecule has 30 heavy (non-hydrogen) atoms. The summed E-state index contributed by atoms with van der Waals surface area (Å²) in [7, 11) is 0. The molecule has 0 aliphatic carbocycles. The SMILES string of the molecule is CC(C)(C)OC(=O)NC[C@@H]1CC[C@H](COC(=O)OC(C)(C)C)N1C(=O)OC(C)(C)C. The highest BCUT2D eigenvalue weighted by atomic mass is 16.7. The third-order valence-electron chi connectivity index (χ3n) is 3.89.